The number of rotatable bonds is 4. The zero-order valence-corrected chi connectivity index (χ0v) is 11.1. The number of hydrogen-bond donors (Lipinski definition) is 1. The van der Waals surface area contributed by atoms with Crippen LogP contribution in [-0.4, -0.2) is 21.5 Å². The normalized spacial score (nSPS) is 10.7. The molecule has 0 aliphatic heterocycles. The lowest BCUT2D eigenvalue weighted by atomic mass is 10.0. The monoisotopic (exact) mass is 264 g/mol. The molecule has 0 saturated heterocycles. The van der Waals surface area contributed by atoms with Crippen molar-refractivity contribution in [2.75, 3.05) is 6.54 Å². The van der Waals surface area contributed by atoms with Crippen molar-refractivity contribution in [3.05, 3.63) is 60.8 Å². The maximum atomic E-state index is 5.50. The van der Waals surface area contributed by atoms with E-state index in [4.69, 9.17) is 5.73 Å². The van der Waals surface area contributed by atoms with Gasteiger partial charge in [-0.1, -0.05) is 59.8 Å². The molecule has 100 valence electrons. The van der Waals surface area contributed by atoms with Crippen LogP contribution in [0.4, 0.5) is 0 Å². The lowest BCUT2D eigenvalue weighted by Crippen LogP contribution is -2.10. The fourth-order valence-electron chi connectivity index (χ4n) is 2.14. The summed E-state index contributed by atoms with van der Waals surface area (Å²) >= 11 is 0. The Morgan fingerprint density at radius 2 is 1.50 bits per heavy atom. The summed E-state index contributed by atoms with van der Waals surface area (Å²) in [5.41, 5.74) is 9.85. The average Bonchev–Trinajstić information content (AvgIpc) is 2.97. The van der Waals surface area contributed by atoms with Crippen molar-refractivity contribution >= 4 is 0 Å². The van der Waals surface area contributed by atoms with Crippen molar-refractivity contribution < 1.29 is 0 Å². The SMILES string of the molecule is NCCn1cc(-c2ccc(-c3ccccc3)cc2)nn1. The molecule has 0 saturated carbocycles. The second kappa shape index (κ2) is 5.67. The van der Waals surface area contributed by atoms with E-state index in [2.05, 4.69) is 46.7 Å². The van der Waals surface area contributed by atoms with Crippen LogP contribution in [0.25, 0.3) is 22.4 Å². The Morgan fingerprint density at radius 3 is 2.20 bits per heavy atom. The maximum absolute atomic E-state index is 5.50. The smallest absolute Gasteiger partial charge is 0.113 e. The Morgan fingerprint density at radius 1 is 0.850 bits per heavy atom. The quantitative estimate of drug-likeness (QED) is 0.788. The molecule has 1 heterocycles. The van der Waals surface area contributed by atoms with E-state index < -0.39 is 0 Å². The Hall–Kier alpha value is -2.46. The Kier molecular flexibility index (Phi) is 3.56. The van der Waals surface area contributed by atoms with E-state index in [0.29, 0.717) is 13.1 Å². The Balaban J connectivity index is 1.85. The third kappa shape index (κ3) is 2.60. The molecule has 20 heavy (non-hydrogen) atoms. The molecule has 4 heteroatoms. The highest BCUT2D eigenvalue weighted by Gasteiger charge is 2.04. The van der Waals surface area contributed by atoms with Crippen LogP contribution in [0.15, 0.2) is 60.8 Å². The molecule has 2 aromatic carbocycles. The molecule has 4 nitrogen and oxygen atoms in total. The second-order valence-corrected chi connectivity index (χ2v) is 4.60. The summed E-state index contributed by atoms with van der Waals surface area (Å²) in [6, 6.07) is 18.7. The van der Waals surface area contributed by atoms with Crippen molar-refractivity contribution in [1.29, 1.82) is 0 Å². The highest BCUT2D eigenvalue weighted by atomic mass is 15.4. The molecule has 0 aliphatic rings. The molecule has 3 aromatic rings. The lowest BCUT2D eigenvalue weighted by molar-refractivity contribution is 0.598. The van der Waals surface area contributed by atoms with Crippen LogP contribution in [-0.2, 0) is 6.54 Å². The van der Waals surface area contributed by atoms with Gasteiger partial charge in [0.15, 0.2) is 0 Å². The van der Waals surface area contributed by atoms with Crippen LogP contribution in [0.2, 0.25) is 0 Å². The summed E-state index contributed by atoms with van der Waals surface area (Å²) in [5, 5.41) is 8.21. The first-order valence-electron chi connectivity index (χ1n) is 6.63. The number of nitrogens with zero attached hydrogens (tertiary/aromatic N) is 3. The maximum Gasteiger partial charge on any atom is 0.113 e. The number of aromatic nitrogens is 3. The molecule has 0 fully saturated rings. The topological polar surface area (TPSA) is 56.7 Å². The molecule has 0 atom stereocenters. The zero-order chi connectivity index (χ0) is 13.8. The van der Waals surface area contributed by atoms with E-state index in [1.54, 1.807) is 4.68 Å². The molecule has 0 radical (unpaired) electrons. The van der Waals surface area contributed by atoms with Gasteiger partial charge < -0.3 is 5.73 Å². The van der Waals surface area contributed by atoms with Crippen LogP contribution >= 0.6 is 0 Å². The molecular formula is C16H16N4. The van der Waals surface area contributed by atoms with Gasteiger partial charge in [0.25, 0.3) is 0 Å². The summed E-state index contributed by atoms with van der Waals surface area (Å²) in [7, 11) is 0. The third-order valence-electron chi connectivity index (χ3n) is 3.18. The zero-order valence-electron chi connectivity index (χ0n) is 11.1. The van der Waals surface area contributed by atoms with Crippen LogP contribution in [0.3, 0.4) is 0 Å². The molecule has 2 N–H and O–H groups in total. The van der Waals surface area contributed by atoms with Gasteiger partial charge in [0, 0.05) is 12.1 Å². The largest absolute Gasteiger partial charge is 0.329 e. The lowest BCUT2D eigenvalue weighted by Gasteiger charge is -2.02. The molecule has 0 amide bonds. The minimum atomic E-state index is 0.565. The molecular weight excluding hydrogens is 248 g/mol. The summed E-state index contributed by atoms with van der Waals surface area (Å²) in [4.78, 5) is 0. The highest BCUT2D eigenvalue weighted by Crippen LogP contribution is 2.23. The van der Waals surface area contributed by atoms with Crippen molar-refractivity contribution in [3.63, 3.8) is 0 Å². The molecule has 0 bridgehead atoms. The van der Waals surface area contributed by atoms with Gasteiger partial charge in [-0.15, -0.1) is 5.10 Å². The predicted octanol–water partition coefficient (Wildman–Crippen LogP) is 2.57. The number of nitrogens with two attached hydrogens (primary N) is 1. The standard InChI is InChI=1S/C16H16N4/c17-10-11-20-12-16(18-19-20)15-8-6-14(7-9-15)13-4-2-1-3-5-13/h1-9,12H,10-11,17H2. The fourth-order valence-corrected chi connectivity index (χ4v) is 2.14. The van der Waals surface area contributed by atoms with E-state index in [1.165, 1.54) is 11.1 Å². The number of benzene rings is 2. The van der Waals surface area contributed by atoms with Gasteiger partial charge in [-0.2, -0.15) is 0 Å². The van der Waals surface area contributed by atoms with Crippen molar-refractivity contribution in [3.8, 4) is 22.4 Å². The third-order valence-corrected chi connectivity index (χ3v) is 3.18. The van der Waals surface area contributed by atoms with Gasteiger partial charge in [-0.25, -0.2) is 0 Å². The Bertz CT molecular complexity index is 671. The van der Waals surface area contributed by atoms with Crippen molar-refractivity contribution in [1.82, 2.24) is 15.0 Å². The first-order chi connectivity index (χ1) is 9.86. The summed E-state index contributed by atoms with van der Waals surface area (Å²) in [5.74, 6) is 0. The summed E-state index contributed by atoms with van der Waals surface area (Å²) in [6.45, 7) is 1.25. The predicted molar refractivity (Wildman–Crippen MR) is 79.9 cm³/mol. The van der Waals surface area contributed by atoms with Crippen LogP contribution in [0.5, 0.6) is 0 Å². The highest BCUT2D eigenvalue weighted by molar-refractivity contribution is 5.68. The minimum absolute atomic E-state index is 0.565. The van der Waals surface area contributed by atoms with Gasteiger partial charge in [0.2, 0.25) is 0 Å². The first-order valence-corrected chi connectivity index (χ1v) is 6.63. The van der Waals surface area contributed by atoms with Gasteiger partial charge >= 0.3 is 0 Å². The van der Waals surface area contributed by atoms with Gasteiger partial charge in [0.05, 0.1) is 12.7 Å². The van der Waals surface area contributed by atoms with Crippen molar-refractivity contribution in [2.45, 2.75) is 6.54 Å². The minimum Gasteiger partial charge on any atom is -0.329 e. The molecule has 0 spiro atoms. The molecule has 3 rings (SSSR count). The van der Waals surface area contributed by atoms with E-state index in [9.17, 15) is 0 Å². The van der Waals surface area contributed by atoms with Crippen LogP contribution in [0, 0.1) is 0 Å². The average molecular weight is 264 g/mol. The molecule has 0 aliphatic carbocycles. The van der Waals surface area contributed by atoms with Crippen LogP contribution < -0.4 is 5.73 Å². The van der Waals surface area contributed by atoms with Crippen LogP contribution in [0.1, 0.15) is 0 Å². The van der Waals surface area contributed by atoms with E-state index >= 15 is 0 Å². The van der Waals surface area contributed by atoms with Gasteiger partial charge in [-0.05, 0) is 11.1 Å². The summed E-state index contributed by atoms with van der Waals surface area (Å²) in [6.07, 6.45) is 1.92. The van der Waals surface area contributed by atoms with E-state index in [1.807, 2.05) is 24.4 Å². The molecule has 0 unspecified atom stereocenters. The fraction of sp³-hybridized carbons (Fsp3) is 0.125. The van der Waals surface area contributed by atoms with Crippen molar-refractivity contribution in [2.24, 2.45) is 5.73 Å². The number of hydrogen-bond acceptors (Lipinski definition) is 3. The molecule has 1 aromatic heterocycles. The summed E-state index contributed by atoms with van der Waals surface area (Å²) < 4.78 is 1.76. The van der Waals surface area contributed by atoms with E-state index in [0.717, 1.165) is 11.3 Å². The first kappa shape index (κ1) is 12.6. The van der Waals surface area contributed by atoms with Gasteiger partial charge in [0.1, 0.15) is 5.69 Å². The second-order valence-electron chi connectivity index (χ2n) is 4.60. The van der Waals surface area contributed by atoms with E-state index in [-0.39, 0.29) is 0 Å². The van der Waals surface area contributed by atoms with Gasteiger partial charge in [-0.3, -0.25) is 4.68 Å². The Labute approximate surface area is 117 Å².